The van der Waals surface area contributed by atoms with E-state index < -0.39 is 11.2 Å². The zero-order valence-electron chi connectivity index (χ0n) is 11.9. The number of aromatic nitrogens is 6. The van der Waals surface area contributed by atoms with Crippen LogP contribution in [0.5, 0.6) is 0 Å². The van der Waals surface area contributed by atoms with Gasteiger partial charge in [-0.2, -0.15) is 0 Å². The van der Waals surface area contributed by atoms with E-state index in [-0.39, 0.29) is 0 Å². The standard InChI is InChI=1S/C14H12N6O2/c1-18-9-11(21)15-14(22)19(2)12(9)20-10(16-17-13(18)20)8-6-4-3-5-7-8/h3-7H,1-2H3,(H,15,21,22). The van der Waals surface area contributed by atoms with Crippen LogP contribution in [0.3, 0.4) is 0 Å². The number of hydrogen-bond donors (Lipinski definition) is 1. The number of aromatic amines is 1. The first-order valence-corrected chi connectivity index (χ1v) is 6.68. The molecule has 0 unspecified atom stereocenters. The van der Waals surface area contributed by atoms with E-state index in [0.717, 1.165) is 5.56 Å². The summed E-state index contributed by atoms with van der Waals surface area (Å²) in [5.74, 6) is 1.09. The molecule has 0 bridgehead atoms. The van der Waals surface area contributed by atoms with Crippen molar-refractivity contribution in [2.24, 2.45) is 14.1 Å². The van der Waals surface area contributed by atoms with Crippen LogP contribution in [-0.2, 0) is 14.1 Å². The average molecular weight is 296 g/mol. The van der Waals surface area contributed by atoms with Crippen LogP contribution in [0, 0.1) is 0 Å². The Morgan fingerprint density at radius 2 is 1.73 bits per heavy atom. The lowest BCUT2D eigenvalue weighted by atomic mass is 10.2. The second kappa shape index (κ2) is 4.17. The van der Waals surface area contributed by atoms with Gasteiger partial charge in [0, 0.05) is 19.7 Å². The van der Waals surface area contributed by atoms with Crippen LogP contribution >= 0.6 is 0 Å². The molecule has 4 aromatic rings. The molecule has 3 heterocycles. The summed E-state index contributed by atoms with van der Waals surface area (Å²) in [4.78, 5) is 26.4. The molecule has 22 heavy (non-hydrogen) atoms. The normalized spacial score (nSPS) is 11.5. The van der Waals surface area contributed by atoms with E-state index in [0.29, 0.717) is 22.8 Å². The number of imidazole rings is 1. The minimum Gasteiger partial charge on any atom is -0.305 e. The maximum absolute atomic E-state index is 12.1. The van der Waals surface area contributed by atoms with Crippen LogP contribution in [0.1, 0.15) is 0 Å². The van der Waals surface area contributed by atoms with Gasteiger partial charge >= 0.3 is 5.69 Å². The second-order valence-electron chi connectivity index (χ2n) is 5.07. The van der Waals surface area contributed by atoms with Gasteiger partial charge in [0.1, 0.15) is 0 Å². The number of H-pyrrole nitrogens is 1. The van der Waals surface area contributed by atoms with Crippen LogP contribution in [0.25, 0.3) is 28.3 Å². The molecule has 0 atom stereocenters. The summed E-state index contributed by atoms with van der Waals surface area (Å²) in [5, 5.41) is 8.35. The summed E-state index contributed by atoms with van der Waals surface area (Å²) in [5.41, 5.74) is 0.789. The fourth-order valence-electron chi connectivity index (χ4n) is 2.72. The molecular weight excluding hydrogens is 284 g/mol. The van der Waals surface area contributed by atoms with E-state index in [1.807, 2.05) is 30.3 Å². The highest BCUT2D eigenvalue weighted by atomic mass is 16.2. The Balaban J connectivity index is 2.29. The van der Waals surface area contributed by atoms with Gasteiger partial charge in [-0.25, -0.2) is 9.20 Å². The monoisotopic (exact) mass is 296 g/mol. The maximum atomic E-state index is 12.1. The molecule has 0 aliphatic heterocycles. The van der Waals surface area contributed by atoms with Gasteiger partial charge in [-0.1, -0.05) is 30.3 Å². The summed E-state index contributed by atoms with van der Waals surface area (Å²) in [6, 6.07) is 9.51. The number of nitrogens with zero attached hydrogens (tertiary/aromatic N) is 5. The molecular formula is C14H12N6O2. The zero-order chi connectivity index (χ0) is 15.4. The number of hydrogen-bond acceptors (Lipinski definition) is 4. The summed E-state index contributed by atoms with van der Waals surface area (Å²) < 4.78 is 4.74. The van der Waals surface area contributed by atoms with Crippen LogP contribution in [0.2, 0.25) is 0 Å². The quantitative estimate of drug-likeness (QED) is 0.546. The maximum Gasteiger partial charge on any atom is 0.329 e. The van der Waals surface area contributed by atoms with Crippen LogP contribution < -0.4 is 11.2 Å². The van der Waals surface area contributed by atoms with Crippen LogP contribution in [0.15, 0.2) is 39.9 Å². The van der Waals surface area contributed by atoms with E-state index in [9.17, 15) is 9.59 Å². The molecule has 1 N–H and O–H groups in total. The fraction of sp³-hybridized carbons (Fsp3) is 0.143. The molecule has 4 rings (SSSR count). The number of benzene rings is 1. The van der Waals surface area contributed by atoms with Crippen molar-refractivity contribution in [2.45, 2.75) is 0 Å². The van der Waals surface area contributed by atoms with Gasteiger partial charge in [0.25, 0.3) is 5.56 Å². The SMILES string of the molecule is Cn1c(=O)[nH]c(=O)c2c1n1c(-c3ccccc3)nnc1n2C. The van der Waals surface area contributed by atoms with E-state index in [4.69, 9.17) is 0 Å². The molecule has 110 valence electrons. The van der Waals surface area contributed by atoms with Gasteiger partial charge in [0.15, 0.2) is 17.0 Å². The third-order valence-electron chi connectivity index (χ3n) is 3.79. The minimum absolute atomic E-state index is 0.379. The lowest BCUT2D eigenvalue weighted by Crippen LogP contribution is -2.29. The number of rotatable bonds is 1. The smallest absolute Gasteiger partial charge is 0.305 e. The Kier molecular flexibility index (Phi) is 2.38. The summed E-state index contributed by atoms with van der Waals surface area (Å²) in [7, 11) is 3.33. The molecule has 0 saturated heterocycles. The highest BCUT2D eigenvalue weighted by molar-refractivity contribution is 5.79. The second-order valence-corrected chi connectivity index (χ2v) is 5.07. The van der Waals surface area contributed by atoms with Crippen molar-refractivity contribution in [1.29, 1.82) is 0 Å². The lowest BCUT2D eigenvalue weighted by Gasteiger charge is -2.02. The van der Waals surface area contributed by atoms with Crippen molar-refractivity contribution in [2.75, 3.05) is 0 Å². The van der Waals surface area contributed by atoms with Crippen LogP contribution in [0.4, 0.5) is 0 Å². The van der Waals surface area contributed by atoms with Crippen molar-refractivity contribution < 1.29 is 0 Å². The highest BCUT2D eigenvalue weighted by Crippen LogP contribution is 2.22. The van der Waals surface area contributed by atoms with E-state index >= 15 is 0 Å². The third kappa shape index (κ3) is 1.46. The van der Waals surface area contributed by atoms with Crippen molar-refractivity contribution in [3.63, 3.8) is 0 Å². The van der Waals surface area contributed by atoms with E-state index in [2.05, 4.69) is 15.2 Å². The highest BCUT2D eigenvalue weighted by Gasteiger charge is 2.20. The average Bonchev–Trinajstić information content (AvgIpc) is 3.06. The van der Waals surface area contributed by atoms with Gasteiger partial charge < -0.3 is 4.57 Å². The van der Waals surface area contributed by atoms with Crippen LogP contribution in [-0.4, -0.2) is 28.7 Å². The van der Waals surface area contributed by atoms with Gasteiger partial charge in [-0.05, 0) is 0 Å². The Labute approximate surface area is 123 Å². The molecule has 3 aromatic heterocycles. The first-order valence-electron chi connectivity index (χ1n) is 6.68. The Bertz CT molecular complexity index is 1130. The zero-order valence-corrected chi connectivity index (χ0v) is 11.9. The first kappa shape index (κ1) is 12.6. The van der Waals surface area contributed by atoms with E-state index in [1.165, 1.54) is 4.57 Å². The minimum atomic E-state index is -0.474. The molecule has 8 nitrogen and oxygen atoms in total. The Hall–Kier alpha value is -3.16. The molecule has 8 heteroatoms. The molecule has 0 spiro atoms. The van der Waals surface area contributed by atoms with Crippen molar-refractivity contribution in [3.05, 3.63) is 51.2 Å². The van der Waals surface area contributed by atoms with Crippen molar-refractivity contribution >= 4 is 16.9 Å². The predicted molar refractivity (Wildman–Crippen MR) is 80.8 cm³/mol. The van der Waals surface area contributed by atoms with Crippen molar-refractivity contribution in [3.8, 4) is 11.4 Å². The van der Waals surface area contributed by atoms with Crippen molar-refractivity contribution in [1.82, 2.24) is 28.7 Å². The van der Waals surface area contributed by atoms with E-state index in [1.54, 1.807) is 23.1 Å². The van der Waals surface area contributed by atoms with Gasteiger partial charge in [-0.15, -0.1) is 10.2 Å². The molecule has 0 aliphatic carbocycles. The molecule has 0 amide bonds. The third-order valence-corrected chi connectivity index (χ3v) is 3.79. The topological polar surface area (TPSA) is 90.0 Å². The molecule has 1 aromatic carbocycles. The molecule has 0 aliphatic rings. The number of aryl methyl sites for hydroxylation is 2. The summed E-state index contributed by atoms with van der Waals surface area (Å²) in [6.07, 6.45) is 0. The predicted octanol–water partition coefficient (Wildman–Crippen LogP) is 0.275. The van der Waals surface area contributed by atoms with Gasteiger partial charge in [0.2, 0.25) is 5.78 Å². The fourth-order valence-corrected chi connectivity index (χ4v) is 2.72. The molecule has 0 radical (unpaired) electrons. The molecule has 0 fully saturated rings. The van der Waals surface area contributed by atoms with Gasteiger partial charge in [-0.3, -0.25) is 14.3 Å². The van der Waals surface area contributed by atoms with Gasteiger partial charge in [0.05, 0.1) is 0 Å². The summed E-state index contributed by atoms with van der Waals surface area (Å²) >= 11 is 0. The lowest BCUT2D eigenvalue weighted by molar-refractivity contribution is 0.822. The molecule has 0 saturated carbocycles. The summed E-state index contributed by atoms with van der Waals surface area (Å²) in [6.45, 7) is 0. The Morgan fingerprint density at radius 3 is 2.45 bits per heavy atom. The number of fused-ring (bicyclic) bond motifs is 3. The first-order chi connectivity index (χ1) is 10.6. The largest absolute Gasteiger partial charge is 0.329 e. The Morgan fingerprint density at radius 1 is 1.00 bits per heavy atom. The number of nitrogens with one attached hydrogen (secondary N) is 1.